The van der Waals surface area contributed by atoms with Crippen LogP contribution in [0.25, 0.3) is 10.8 Å². The Morgan fingerprint density at radius 1 is 1.11 bits per heavy atom. The van der Waals surface area contributed by atoms with Crippen LogP contribution in [0.2, 0.25) is 0 Å². The van der Waals surface area contributed by atoms with E-state index in [-0.39, 0.29) is 0 Å². The minimum Gasteiger partial charge on any atom is -0.371 e. The van der Waals surface area contributed by atoms with E-state index in [1.54, 1.807) is 0 Å². The van der Waals surface area contributed by atoms with Crippen molar-refractivity contribution in [2.75, 3.05) is 18.0 Å². The van der Waals surface area contributed by atoms with Crippen molar-refractivity contribution in [1.29, 1.82) is 5.26 Å². The molecule has 2 aromatic carbocycles. The van der Waals surface area contributed by atoms with E-state index in [9.17, 15) is 5.26 Å². The molecule has 0 aliphatic heterocycles. The van der Waals surface area contributed by atoms with Gasteiger partial charge in [-0.25, -0.2) is 0 Å². The van der Waals surface area contributed by atoms with E-state index >= 15 is 0 Å². The third-order valence-electron chi connectivity index (χ3n) is 3.33. The molecule has 0 atom stereocenters. The Hall–Kier alpha value is -2.01. The molecule has 0 heterocycles. The highest BCUT2D eigenvalue weighted by Crippen LogP contribution is 2.29. The van der Waals surface area contributed by atoms with E-state index in [4.69, 9.17) is 0 Å². The molecule has 2 rings (SSSR count). The Kier molecular flexibility index (Phi) is 4.06. The van der Waals surface area contributed by atoms with Crippen LogP contribution in [0, 0.1) is 17.2 Å². The molecule has 2 heteroatoms. The number of nitrogens with zero attached hydrogens (tertiary/aromatic N) is 2. The van der Waals surface area contributed by atoms with Gasteiger partial charge in [-0.05, 0) is 25.0 Å². The fraction of sp³-hybridized carbons (Fsp3) is 0.353. The van der Waals surface area contributed by atoms with Crippen molar-refractivity contribution in [2.45, 2.75) is 20.8 Å². The summed E-state index contributed by atoms with van der Waals surface area (Å²) in [5.41, 5.74) is 1.98. The minimum atomic E-state index is 0.620. The zero-order valence-electron chi connectivity index (χ0n) is 11.9. The van der Waals surface area contributed by atoms with E-state index < -0.39 is 0 Å². The largest absolute Gasteiger partial charge is 0.371 e. The van der Waals surface area contributed by atoms with Gasteiger partial charge < -0.3 is 4.90 Å². The fourth-order valence-corrected chi connectivity index (χ4v) is 2.49. The van der Waals surface area contributed by atoms with Gasteiger partial charge in [-0.1, -0.05) is 38.1 Å². The van der Waals surface area contributed by atoms with Crippen molar-refractivity contribution >= 4 is 16.5 Å². The second-order valence-corrected chi connectivity index (χ2v) is 5.22. The lowest BCUT2D eigenvalue weighted by Gasteiger charge is -2.26. The molecule has 0 spiro atoms. The molecule has 0 radical (unpaired) electrons. The Balaban J connectivity index is 2.58. The van der Waals surface area contributed by atoms with Gasteiger partial charge in [-0.3, -0.25) is 0 Å². The van der Waals surface area contributed by atoms with Gasteiger partial charge >= 0.3 is 0 Å². The van der Waals surface area contributed by atoms with E-state index in [1.165, 1.54) is 11.1 Å². The quantitative estimate of drug-likeness (QED) is 0.815. The lowest BCUT2D eigenvalue weighted by molar-refractivity contribution is 0.620. The van der Waals surface area contributed by atoms with Crippen molar-refractivity contribution in [1.82, 2.24) is 0 Å². The molecule has 2 aromatic rings. The average Bonchev–Trinajstić information content (AvgIpc) is 2.43. The third kappa shape index (κ3) is 2.71. The Morgan fingerprint density at radius 3 is 2.37 bits per heavy atom. The SMILES string of the molecule is CCN(CC(C)C)c1ccc(C#N)c2ccccc12. The summed E-state index contributed by atoms with van der Waals surface area (Å²) in [5, 5.41) is 11.4. The van der Waals surface area contributed by atoms with Crippen LogP contribution in [0.3, 0.4) is 0 Å². The molecule has 0 saturated carbocycles. The van der Waals surface area contributed by atoms with Crippen molar-refractivity contribution in [3.8, 4) is 6.07 Å². The number of hydrogen-bond donors (Lipinski definition) is 0. The van der Waals surface area contributed by atoms with Gasteiger partial charge in [0.25, 0.3) is 0 Å². The summed E-state index contributed by atoms with van der Waals surface area (Å²) in [7, 11) is 0. The van der Waals surface area contributed by atoms with Crippen LogP contribution in [-0.2, 0) is 0 Å². The van der Waals surface area contributed by atoms with E-state index in [2.05, 4.69) is 43.9 Å². The first-order valence-electron chi connectivity index (χ1n) is 6.84. The number of nitriles is 1. The van der Waals surface area contributed by atoms with Gasteiger partial charge in [0, 0.05) is 29.5 Å². The minimum absolute atomic E-state index is 0.620. The van der Waals surface area contributed by atoms with Crippen LogP contribution in [0.1, 0.15) is 26.3 Å². The van der Waals surface area contributed by atoms with Gasteiger partial charge in [-0.2, -0.15) is 5.26 Å². The maximum Gasteiger partial charge on any atom is 0.0998 e. The van der Waals surface area contributed by atoms with Crippen LogP contribution in [-0.4, -0.2) is 13.1 Å². The monoisotopic (exact) mass is 252 g/mol. The summed E-state index contributed by atoms with van der Waals surface area (Å²) in [6.45, 7) is 8.65. The zero-order chi connectivity index (χ0) is 13.8. The first-order valence-corrected chi connectivity index (χ1v) is 6.84. The maximum atomic E-state index is 9.20. The summed E-state index contributed by atoms with van der Waals surface area (Å²) in [4.78, 5) is 2.38. The molecule has 0 fully saturated rings. The van der Waals surface area contributed by atoms with Crippen LogP contribution < -0.4 is 4.90 Å². The molecule has 19 heavy (non-hydrogen) atoms. The zero-order valence-corrected chi connectivity index (χ0v) is 11.9. The molecule has 0 unspecified atom stereocenters. The van der Waals surface area contributed by atoms with E-state index in [1.807, 2.05) is 24.3 Å². The molecule has 0 aromatic heterocycles. The highest BCUT2D eigenvalue weighted by Gasteiger charge is 2.11. The molecular weight excluding hydrogens is 232 g/mol. The van der Waals surface area contributed by atoms with E-state index in [0.29, 0.717) is 5.92 Å². The fourth-order valence-electron chi connectivity index (χ4n) is 2.49. The molecule has 0 saturated heterocycles. The predicted octanol–water partition coefficient (Wildman–Crippen LogP) is 4.19. The van der Waals surface area contributed by atoms with Crippen LogP contribution in [0.4, 0.5) is 5.69 Å². The average molecular weight is 252 g/mol. The summed E-state index contributed by atoms with van der Waals surface area (Å²) >= 11 is 0. The normalized spacial score (nSPS) is 10.7. The third-order valence-corrected chi connectivity index (χ3v) is 3.33. The van der Waals surface area contributed by atoms with Crippen LogP contribution >= 0.6 is 0 Å². The van der Waals surface area contributed by atoms with Crippen molar-refractivity contribution in [3.05, 3.63) is 42.0 Å². The lowest BCUT2D eigenvalue weighted by Crippen LogP contribution is -2.27. The lowest BCUT2D eigenvalue weighted by atomic mass is 10.0. The molecule has 0 N–H and O–H groups in total. The predicted molar refractivity (Wildman–Crippen MR) is 81.4 cm³/mol. The molecule has 98 valence electrons. The Labute approximate surface area is 115 Å². The van der Waals surface area contributed by atoms with Gasteiger partial charge in [-0.15, -0.1) is 0 Å². The van der Waals surface area contributed by atoms with Gasteiger partial charge in [0.1, 0.15) is 0 Å². The van der Waals surface area contributed by atoms with Crippen LogP contribution in [0.5, 0.6) is 0 Å². The molecule has 2 nitrogen and oxygen atoms in total. The molecular formula is C17H20N2. The number of fused-ring (bicyclic) bond motifs is 1. The second-order valence-electron chi connectivity index (χ2n) is 5.22. The van der Waals surface area contributed by atoms with Gasteiger partial charge in [0.15, 0.2) is 0 Å². The summed E-state index contributed by atoms with van der Waals surface area (Å²) in [6, 6.07) is 14.4. The standard InChI is InChI=1S/C17H20N2/c1-4-19(12-13(2)3)17-10-9-14(11-18)15-7-5-6-8-16(15)17/h5-10,13H,4,12H2,1-3H3. The van der Waals surface area contributed by atoms with Crippen molar-refractivity contribution in [2.24, 2.45) is 5.92 Å². The summed E-state index contributed by atoms with van der Waals surface area (Å²) in [6.07, 6.45) is 0. The highest BCUT2D eigenvalue weighted by molar-refractivity contribution is 5.97. The number of rotatable bonds is 4. The number of anilines is 1. The topological polar surface area (TPSA) is 27.0 Å². The summed E-state index contributed by atoms with van der Waals surface area (Å²) in [5.74, 6) is 0.620. The molecule has 0 amide bonds. The van der Waals surface area contributed by atoms with Crippen molar-refractivity contribution in [3.63, 3.8) is 0 Å². The Morgan fingerprint density at radius 2 is 1.79 bits per heavy atom. The first-order chi connectivity index (χ1) is 9.17. The van der Waals surface area contributed by atoms with E-state index in [0.717, 1.165) is 24.0 Å². The summed E-state index contributed by atoms with van der Waals surface area (Å²) < 4.78 is 0. The smallest absolute Gasteiger partial charge is 0.0998 e. The highest BCUT2D eigenvalue weighted by atomic mass is 15.1. The molecule has 0 aliphatic rings. The van der Waals surface area contributed by atoms with Crippen molar-refractivity contribution < 1.29 is 0 Å². The maximum absolute atomic E-state index is 9.20. The number of hydrogen-bond acceptors (Lipinski definition) is 2. The second kappa shape index (κ2) is 5.75. The van der Waals surface area contributed by atoms with Gasteiger partial charge in [0.05, 0.1) is 11.6 Å². The van der Waals surface area contributed by atoms with Crippen LogP contribution in [0.15, 0.2) is 36.4 Å². The number of benzene rings is 2. The molecule has 0 bridgehead atoms. The Bertz CT molecular complexity index is 608. The molecule has 0 aliphatic carbocycles. The first kappa shape index (κ1) is 13.4. The van der Waals surface area contributed by atoms with Gasteiger partial charge in [0.2, 0.25) is 0 Å².